The van der Waals surface area contributed by atoms with Gasteiger partial charge in [0.2, 0.25) is 5.91 Å². The van der Waals surface area contributed by atoms with Crippen molar-refractivity contribution in [1.82, 2.24) is 5.32 Å². The molecule has 4 nitrogen and oxygen atoms in total. The number of benzene rings is 1. The van der Waals surface area contributed by atoms with Gasteiger partial charge in [-0.1, -0.05) is 37.3 Å². The van der Waals surface area contributed by atoms with Gasteiger partial charge >= 0.3 is 5.97 Å². The van der Waals surface area contributed by atoms with Crippen LogP contribution in [-0.2, 0) is 14.3 Å². The third-order valence-corrected chi connectivity index (χ3v) is 3.45. The molecule has 0 spiro atoms. The Bertz CT molecular complexity index is 504. The summed E-state index contributed by atoms with van der Waals surface area (Å²) >= 11 is 0. The van der Waals surface area contributed by atoms with E-state index in [4.69, 9.17) is 4.74 Å². The molecule has 1 amide bonds. The molecule has 108 valence electrons. The van der Waals surface area contributed by atoms with Crippen LogP contribution in [0.4, 0.5) is 0 Å². The number of hydrogen-bond acceptors (Lipinski definition) is 3. The van der Waals surface area contributed by atoms with Crippen molar-refractivity contribution in [2.45, 2.75) is 45.3 Å². The summed E-state index contributed by atoms with van der Waals surface area (Å²) in [5, 5.41) is 2.76. The lowest BCUT2D eigenvalue weighted by Gasteiger charge is -2.25. The highest BCUT2D eigenvalue weighted by Crippen LogP contribution is 2.34. The SMILES string of the molecule is C[C@@H]1C(=O)NC(C(=O)OC(C)(C)C)[C@@H]1c1ccccc1. The molecule has 1 aromatic carbocycles. The lowest BCUT2D eigenvalue weighted by Crippen LogP contribution is -2.41. The second kappa shape index (κ2) is 5.27. The molecule has 0 radical (unpaired) electrons. The molecule has 4 heteroatoms. The van der Waals surface area contributed by atoms with E-state index in [-0.39, 0.29) is 23.7 Å². The van der Waals surface area contributed by atoms with E-state index in [1.807, 2.05) is 58.0 Å². The monoisotopic (exact) mass is 275 g/mol. The van der Waals surface area contributed by atoms with E-state index in [1.165, 1.54) is 0 Å². The minimum absolute atomic E-state index is 0.102. The number of ether oxygens (including phenoxy) is 1. The van der Waals surface area contributed by atoms with E-state index in [1.54, 1.807) is 0 Å². The quantitative estimate of drug-likeness (QED) is 0.842. The average Bonchev–Trinajstić information content (AvgIpc) is 2.65. The van der Waals surface area contributed by atoms with Gasteiger partial charge in [-0.3, -0.25) is 4.79 Å². The van der Waals surface area contributed by atoms with Crippen molar-refractivity contribution < 1.29 is 14.3 Å². The summed E-state index contributed by atoms with van der Waals surface area (Å²) in [5.74, 6) is -0.896. The summed E-state index contributed by atoms with van der Waals surface area (Å²) in [6.45, 7) is 7.31. The molecule has 0 aromatic heterocycles. The van der Waals surface area contributed by atoms with Crippen molar-refractivity contribution in [1.29, 1.82) is 0 Å². The Morgan fingerprint density at radius 3 is 2.35 bits per heavy atom. The molecule has 1 aliphatic heterocycles. The first kappa shape index (κ1) is 14.6. The summed E-state index contributed by atoms with van der Waals surface area (Å²) in [6, 6.07) is 9.02. The first-order valence-corrected chi connectivity index (χ1v) is 6.88. The van der Waals surface area contributed by atoms with Gasteiger partial charge in [-0.25, -0.2) is 4.79 Å². The summed E-state index contributed by atoms with van der Waals surface area (Å²) in [5.41, 5.74) is 0.420. The van der Waals surface area contributed by atoms with E-state index in [0.29, 0.717) is 0 Å². The fourth-order valence-electron chi connectivity index (χ4n) is 2.55. The summed E-state index contributed by atoms with van der Waals surface area (Å²) in [4.78, 5) is 24.2. The van der Waals surface area contributed by atoms with Crippen molar-refractivity contribution >= 4 is 11.9 Å². The van der Waals surface area contributed by atoms with Crippen molar-refractivity contribution in [2.75, 3.05) is 0 Å². The zero-order valence-corrected chi connectivity index (χ0v) is 12.3. The molecule has 1 fully saturated rings. The van der Waals surface area contributed by atoms with Crippen LogP contribution < -0.4 is 5.32 Å². The summed E-state index contributed by atoms with van der Waals surface area (Å²) in [6.07, 6.45) is 0. The summed E-state index contributed by atoms with van der Waals surface area (Å²) in [7, 11) is 0. The Balaban J connectivity index is 2.27. The van der Waals surface area contributed by atoms with Crippen LogP contribution in [0.25, 0.3) is 0 Å². The molecule has 2 rings (SSSR count). The Labute approximate surface area is 119 Å². The van der Waals surface area contributed by atoms with Crippen LogP contribution in [0.5, 0.6) is 0 Å². The van der Waals surface area contributed by atoms with Gasteiger partial charge in [-0.2, -0.15) is 0 Å². The van der Waals surface area contributed by atoms with Crippen LogP contribution in [0.1, 0.15) is 39.2 Å². The van der Waals surface area contributed by atoms with Crippen LogP contribution in [0, 0.1) is 5.92 Å². The Kier molecular flexibility index (Phi) is 3.84. The number of rotatable bonds is 2. The second-order valence-electron chi connectivity index (χ2n) is 6.24. The molecule has 20 heavy (non-hydrogen) atoms. The van der Waals surface area contributed by atoms with Crippen molar-refractivity contribution in [3.63, 3.8) is 0 Å². The average molecular weight is 275 g/mol. The van der Waals surface area contributed by atoms with Gasteiger partial charge in [0, 0.05) is 11.8 Å². The van der Waals surface area contributed by atoms with Gasteiger partial charge in [0.05, 0.1) is 0 Å². The Morgan fingerprint density at radius 1 is 1.20 bits per heavy atom. The molecular formula is C16H21NO3. The lowest BCUT2D eigenvalue weighted by atomic mass is 9.85. The highest BCUT2D eigenvalue weighted by atomic mass is 16.6. The minimum atomic E-state index is -0.612. The van der Waals surface area contributed by atoms with E-state index < -0.39 is 11.6 Å². The molecular weight excluding hydrogens is 254 g/mol. The van der Waals surface area contributed by atoms with Gasteiger partial charge in [0.15, 0.2) is 0 Å². The number of hydrogen-bond donors (Lipinski definition) is 1. The zero-order chi connectivity index (χ0) is 14.9. The van der Waals surface area contributed by atoms with Gasteiger partial charge in [-0.15, -0.1) is 0 Å². The number of esters is 1. The Hall–Kier alpha value is -1.84. The topological polar surface area (TPSA) is 55.4 Å². The zero-order valence-electron chi connectivity index (χ0n) is 12.3. The molecule has 0 saturated carbocycles. The normalized spacial score (nSPS) is 26.2. The lowest BCUT2D eigenvalue weighted by molar-refractivity contribution is -0.157. The van der Waals surface area contributed by atoms with E-state index >= 15 is 0 Å². The molecule has 0 bridgehead atoms. The number of nitrogens with one attached hydrogen (secondary N) is 1. The van der Waals surface area contributed by atoms with Crippen LogP contribution in [0.2, 0.25) is 0 Å². The van der Waals surface area contributed by atoms with E-state index in [9.17, 15) is 9.59 Å². The maximum absolute atomic E-state index is 12.3. The van der Waals surface area contributed by atoms with Crippen LogP contribution in [0.3, 0.4) is 0 Å². The van der Waals surface area contributed by atoms with Crippen LogP contribution in [-0.4, -0.2) is 23.5 Å². The van der Waals surface area contributed by atoms with Crippen LogP contribution in [0.15, 0.2) is 30.3 Å². The molecule has 1 saturated heterocycles. The van der Waals surface area contributed by atoms with E-state index in [0.717, 1.165) is 5.56 Å². The molecule has 1 aliphatic rings. The first-order valence-electron chi connectivity index (χ1n) is 6.88. The van der Waals surface area contributed by atoms with Crippen molar-refractivity contribution in [3.05, 3.63) is 35.9 Å². The standard InChI is InChI=1S/C16H21NO3/c1-10-12(11-8-6-5-7-9-11)13(17-14(10)18)15(19)20-16(2,3)4/h5-10,12-13H,1-4H3,(H,17,18)/t10-,12-,13?/m0/s1. The predicted octanol–water partition coefficient (Wildman–Crippen LogP) is 2.25. The van der Waals surface area contributed by atoms with Gasteiger partial charge in [0.25, 0.3) is 0 Å². The van der Waals surface area contributed by atoms with Crippen molar-refractivity contribution in [2.24, 2.45) is 5.92 Å². The molecule has 1 aromatic rings. The molecule has 1 N–H and O–H groups in total. The van der Waals surface area contributed by atoms with E-state index in [2.05, 4.69) is 5.32 Å². The summed E-state index contributed by atoms with van der Waals surface area (Å²) < 4.78 is 5.42. The van der Waals surface area contributed by atoms with Gasteiger partial charge < -0.3 is 10.1 Å². The van der Waals surface area contributed by atoms with Crippen molar-refractivity contribution in [3.8, 4) is 0 Å². The fourth-order valence-corrected chi connectivity index (χ4v) is 2.55. The first-order chi connectivity index (χ1) is 9.29. The molecule has 3 atom stereocenters. The minimum Gasteiger partial charge on any atom is -0.458 e. The largest absolute Gasteiger partial charge is 0.458 e. The molecule has 1 unspecified atom stereocenters. The second-order valence-corrected chi connectivity index (χ2v) is 6.24. The third kappa shape index (κ3) is 3.00. The number of amides is 1. The smallest absolute Gasteiger partial charge is 0.329 e. The maximum Gasteiger partial charge on any atom is 0.329 e. The Morgan fingerprint density at radius 2 is 1.80 bits per heavy atom. The third-order valence-electron chi connectivity index (χ3n) is 3.45. The number of carbonyl (C=O) groups is 2. The maximum atomic E-state index is 12.3. The number of carbonyl (C=O) groups excluding carboxylic acids is 2. The predicted molar refractivity (Wildman–Crippen MR) is 76.1 cm³/mol. The van der Waals surface area contributed by atoms with Crippen LogP contribution >= 0.6 is 0 Å². The highest BCUT2D eigenvalue weighted by Gasteiger charge is 2.45. The molecule has 0 aliphatic carbocycles. The highest BCUT2D eigenvalue weighted by molar-refractivity contribution is 5.91. The molecule has 1 heterocycles. The van der Waals surface area contributed by atoms with Gasteiger partial charge in [0.1, 0.15) is 11.6 Å². The fraction of sp³-hybridized carbons (Fsp3) is 0.500. The van der Waals surface area contributed by atoms with Gasteiger partial charge in [-0.05, 0) is 26.3 Å².